The van der Waals surface area contributed by atoms with Crippen LogP contribution >= 0.6 is 11.6 Å². The molecule has 0 unspecified atom stereocenters. The maximum atomic E-state index is 12.6. The Labute approximate surface area is 150 Å². The highest BCUT2D eigenvalue weighted by Gasteiger charge is 2.31. The fourth-order valence-electron chi connectivity index (χ4n) is 2.10. The van der Waals surface area contributed by atoms with Crippen molar-refractivity contribution < 1.29 is 37.7 Å². The fraction of sp³-hybridized carbons (Fsp3) is 0.176. The molecule has 0 saturated carbocycles. The molecule has 138 valence electrons. The molecule has 5 nitrogen and oxygen atoms in total. The molecule has 0 heterocycles. The molecule has 0 fully saturated rings. The maximum absolute atomic E-state index is 12.6. The highest BCUT2D eigenvalue weighted by Crippen LogP contribution is 2.36. The average Bonchev–Trinajstić information content (AvgIpc) is 2.54. The molecule has 0 spiro atoms. The van der Waals surface area contributed by atoms with Gasteiger partial charge < -0.3 is 14.9 Å². The zero-order chi connectivity index (χ0) is 19.5. The van der Waals surface area contributed by atoms with Crippen molar-refractivity contribution in [1.82, 2.24) is 0 Å². The molecule has 2 aromatic rings. The second-order valence-electron chi connectivity index (χ2n) is 5.32. The molecule has 0 aromatic heterocycles. The lowest BCUT2D eigenvalue weighted by molar-refractivity contribution is -0.154. The number of alkyl halides is 3. The van der Waals surface area contributed by atoms with Crippen molar-refractivity contribution in [2.45, 2.75) is 12.6 Å². The van der Waals surface area contributed by atoms with Gasteiger partial charge in [0.15, 0.2) is 5.92 Å². The zero-order valence-corrected chi connectivity index (χ0v) is 13.7. The number of halogens is 4. The zero-order valence-electron chi connectivity index (χ0n) is 13.0. The highest BCUT2D eigenvalue weighted by atomic mass is 35.5. The lowest BCUT2D eigenvalue weighted by Crippen LogP contribution is -2.25. The summed E-state index contributed by atoms with van der Waals surface area (Å²) < 4.78 is 43.2. The van der Waals surface area contributed by atoms with Gasteiger partial charge in [-0.15, -0.1) is 0 Å². The first-order valence-electron chi connectivity index (χ1n) is 7.17. The van der Waals surface area contributed by atoms with E-state index in [1.54, 1.807) is 0 Å². The van der Waals surface area contributed by atoms with Crippen molar-refractivity contribution in [3.63, 3.8) is 0 Å². The molecule has 0 aliphatic rings. The number of rotatable bonds is 6. The monoisotopic (exact) mass is 388 g/mol. The van der Waals surface area contributed by atoms with Crippen molar-refractivity contribution in [2.24, 2.45) is 5.92 Å². The summed E-state index contributed by atoms with van der Waals surface area (Å²) in [4.78, 5) is 21.8. The number of benzene rings is 2. The number of carboxylic acid groups (broad SMARTS) is 2. The summed E-state index contributed by atoms with van der Waals surface area (Å²) in [6, 6.07) is 8.46. The molecule has 2 N–H and O–H groups in total. The normalized spacial score (nSPS) is 11.4. The summed E-state index contributed by atoms with van der Waals surface area (Å²) >= 11 is 5.80. The number of hydrogen-bond acceptors (Lipinski definition) is 3. The molecule has 0 radical (unpaired) electrons. The lowest BCUT2D eigenvalue weighted by Gasteiger charge is -2.12. The largest absolute Gasteiger partial charge is 0.481 e. The van der Waals surface area contributed by atoms with Crippen LogP contribution in [0.5, 0.6) is 11.5 Å². The van der Waals surface area contributed by atoms with Gasteiger partial charge >= 0.3 is 18.1 Å². The van der Waals surface area contributed by atoms with Crippen molar-refractivity contribution in [1.29, 1.82) is 0 Å². The number of aliphatic carboxylic acids is 2. The van der Waals surface area contributed by atoms with Crippen LogP contribution in [0.15, 0.2) is 42.5 Å². The SMILES string of the molecule is O=C(O)C(Cc1ccc(Oc2ccc(C(F)(F)F)cc2Cl)cc1)C(=O)O. The van der Waals surface area contributed by atoms with E-state index in [1.807, 2.05) is 0 Å². The third-order valence-corrected chi connectivity index (χ3v) is 3.74. The third kappa shape index (κ3) is 4.89. The Balaban J connectivity index is 2.12. The number of ether oxygens (including phenoxy) is 1. The van der Waals surface area contributed by atoms with E-state index in [1.165, 1.54) is 24.3 Å². The summed E-state index contributed by atoms with van der Waals surface area (Å²) in [6.45, 7) is 0. The van der Waals surface area contributed by atoms with Crippen molar-refractivity contribution in [3.05, 3.63) is 58.6 Å². The van der Waals surface area contributed by atoms with E-state index in [9.17, 15) is 22.8 Å². The van der Waals surface area contributed by atoms with E-state index in [2.05, 4.69) is 0 Å². The van der Waals surface area contributed by atoms with Gasteiger partial charge in [0, 0.05) is 0 Å². The third-order valence-electron chi connectivity index (χ3n) is 3.45. The van der Waals surface area contributed by atoms with Gasteiger partial charge in [0.1, 0.15) is 11.5 Å². The predicted octanol–water partition coefficient (Wildman–Crippen LogP) is 4.48. The van der Waals surface area contributed by atoms with Crippen molar-refractivity contribution in [3.8, 4) is 11.5 Å². The van der Waals surface area contributed by atoms with E-state index in [0.717, 1.165) is 18.2 Å². The first-order chi connectivity index (χ1) is 12.1. The Morgan fingerprint density at radius 1 is 1.04 bits per heavy atom. The van der Waals surface area contributed by atoms with Crippen LogP contribution in [0.25, 0.3) is 0 Å². The van der Waals surface area contributed by atoms with Crippen LogP contribution in [0, 0.1) is 5.92 Å². The van der Waals surface area contributed by atoms with Gasteiger partial charge in [-0.3, -0.25) is 9.59 Å². The molecule has 26 heavy (non-hydrogen) atoms. The molecule has 0 aliphatic carbocycles. The fourth-order valence-corrected chi connectivity index (χ4v) is 2.32. The summed E-state index contributed by atoms with van der Waals surface area (Å²) in [6.07, 6.45) is -4.74. The molecule has 0 bridgehead atoms. The molecule has 0 amide bonds. The molecule has 0 aliphatic heterocycles. The minimum atomic E-state index is -4.52. The molecule has 9 heteroatoms. The van der Waals surface area contributed by atoms with Gasteiger partial charge in [0.2, 0.25) is 0 Å². The van der Waals surface area contributed by atoms with E-state index in [-0.39, 0.29) is 22.9 Å². The van der Waals surface area contributed by atoms with Gasteiger partial charge in [-0.1, -0.05) is 23.7 Å². The summed E-state index contributed by atoms with van der Waals surface area (Å²) in [5.41, 5.74) is -0.454. The maximum Gasteiger partial charge on any atom is 0.416 e. The minimum Gasteiger partial charge on any atom is -0.481 e. The molecule has 0 saturated heterocycles. The topological polar surface area (TPSA) is 83.8 Å². The van der Waals surface area contributed by atoms with Gasteiger partial charge in [-0.25, -0.2) is 0 Å². The quantitative estimate of drug-likeness (QED) is 0.713. The van der Waals surface area contributed by atoms with Crippen LogP contribution in [-0.4, -0.2) is 22.2 Å². The molecular formula is C17H12ClF3O5. The highest BCUT2D eigenvalue weighted by molar-refractivity contribution is 6.32. The van der Waals surface area contributed by atoms with E-state index < -0.39 is 29.6 Å². The average molecular weight is 389 g/mol. The van der Waals surface area contributed by atoms with Crippen LogP contribution in [0.1, 0.15) is 11.1 Å². The Morgan fingerprint density at radius 3 is 2.08 bits per heavy atom. The number of carbonyl (C=O) groups is 2. The Kier molecular flexibility index (Phi) is 5.76. The van der Waals surface area contributed by atoms with Crippen LogP contribution in [0.3, 0.4) is 0 Å². The first-order valence-corrected chi connectivity index (χ1v) is 7.55. The lowest BCUT2D eigenvalue weighted by atomic mass is 10.00. The molecule has 0 atom stereocenters. The second-order valence-corrected chi connectivity index (χ2v) is 5.73. The number of hydrogen-bond donors (Lipinski definition) is 2. The smallest absolute Gasteiger partial charge is 0.416 e. The minimum absolute atomic E-state index is 0.0152. The summed E-state index contributed by atoms with van der Waals surface area (Å²) in [5, 5.41) is 17.5. The van der Waals surface area contributed by atoms with Crippen LogP contribution in [-0.2, 0) is 22.2 Å². The summed E-state index contributed by atoms with van der Waals surface area (Å²) in [7, 11) is 0. The molecule has 2 aromatic carbocycles. The van der Waals surface area contributed by atoms with Crippen LogP contribution in [0.2, 0.25) is 5.02 Å². The summed E-state index contributed by atoms with van der Waals surface area (Å²) in [5.74, 6) is -4.21. The van der Waals surface area contributed by atoms with Gasteiger partial charge in [-0.05, 0) is 42.3 Å². The van der Waals surface area contributed by atoms with E-state index >= 15 is 0 Å². The molecular weight excluding hydrogens is 377 g/mol. The van der Waals surface area contributed by atoms with Crippen LogP contribution < -0.4 is 4.74 Å². The van der Waals surface area contributed by atoms with Crippen LogP contribution in [0.4, 0.5) is 13.2 Å². The Morgan fingerprint density at radius 2 is 1.62 bits per heavy atom. The van der Waals surface area contributed by atoms with Gasteiger partial charge in [0.25, 0.3) is 0 Å². The second kappa shape index (κ2) is 7.65. The number of carboxylic acids is 2. The Hall–Kier alpha value is -2.74. The van der Waals surface area contributed by atoms with Crippen molar-refractivity contribution >= 4 is 23.5 Å². The first kappa shape index (κ1) is 19.6. The predicted molar refractivity (Wildman–Crippen MR) is 85.4 cm³/mol. The van der Waals surface area contributed by atoms with E-state index in [4.69, 9.17) is 26.6 Å². The van der Waals surface area contributed by atoms with Gasteiger partial charge in [-0.2, -0.15) is 13.2 Å². The standard InChI is InChI=1S/C17H12ClF3O5/c18-13-8-10(17(19,20)21)3-6-14(13)26-11-4-1-9(2-5-11)7-12(15(22)23)16(24)25/h1-6,8,12H,7H2,(H,22,23)(H,24,25). The van der Waals surface area contributed by atoms with E-state index in [0.29, 0.717) is 5.56 Å². The molecule has 2 rings (SSSR count). The van der Waals surface area contributed by atoms with Gasteiger partial charge in [0.05, 0.1) is 10.6 Å². The van der Waals surface area contributed by atoms with Crippen molar-refractivity contribution in [2.75, 3.05) is 0 Å². The Bertz CT molecular complexity index is 804.